The molecule has 0 atom stereocenters. The highest BCUT2D eigenvalue weighted by Crippen LogP contribution is 2.26. The maximum atomic E-state index is 12.0. The van der Waals surface area contributed by atoms with Crippen molar-refractivity contribution in [2.45, 2.75) is 6.92 Å². The van der Waals surface area contributed by atoms with Crippen molar-refractivity contribution in [3.63, 3.8) is 0 Å². The maximum Gasteiger partial charge on any atom is 0.414 e. The average Bonchev–Trinajstić information content (AvgIpc) is 3.05. The van der Waals surface area contributed by atoms with Crippen molar-refractivity contribution in [2.75, 3.05) is 19.8 Å². The molecule has 1 saturated heterocycles. The molecule has 128 valence electrons. The number of esters is 1. The van der Waals surface area contributed by atoms with E-state index in [0.717, 1.165) is 16.7 Å². The minimum atomic E-state index is -0.366. The molecular weight excluding hydrogens is 318 g/mol. The van der Waals surface area contributed by atoms with Crippen molar-refractivity contribution in [1.29, 1.82) is 0 Å². The van der Waals surface area contributed by atoms with Crippen LogP contribution in [0.2, 0.25) is 0 Å². The van der Waals surface area contributed by atoms with E-state index in [9.17, 15) is 9.59 Å². The highest BCUT2D eigenvalue weighted by Gasteiger charge is 2.21. The van der Waals surface area contributed by atoms with Crippen LogP contribution in [0.15, 0.2) is 60.8 Å². The number of benzene rings is 2. The number of carbonyl (C=O) groups excluding carboxylic acids is 2. The number of carbonyl (C=O) groups is 2. The van der Waals surface area contributed by atoms with Gasteiger partial charge in [-0.25, -0.2) is 9.59 Å². The molecule has 0 unspecified atom stereocenters. The number of rotatable bonds is 5. The zero-order valence-electron chi connectivity index (χ0n) is 14.0. The summed E-state index contributed by atoms with van der Waals surface area (Å²) in [5, 5.41) is 0. The quantitative estimate of drug-likeness (QED) is 0.781. The maximum absolute atomic E-state index is 12.0. The molecule has 5 heteroatoms. The lowest BCUT2D eigenvalue weighted by Crippen LogP contribution is -2.18. The van der Waals surface area contributed by atoms with Gasteiger partial charge in [0.1, 0.15) is 6.61 Å². The smallest absolute Gasteiger partial charge is 0.414 e. The first-order valence-corrected chi connectivity index (χ1v) is 8.17. The van der Waals surface area contributed by atoms with Crippen molar-refractivity contribution in [3.05, 3.63) is 77.5 Å². The van der Waals surface area contributed by atoms with Gasteiger partial charge in [0, 0.05) is 11.8 Å². The monoisotopic (exact) mass is 337 g/mol. The highest BCUT2D eigenvalue weighted by molar-refractivity contribution is 5.92. The standard InChI is InChI=1S/C20H19NO4/c1-2-24-19(22)17-10-6-9-16(13-17)18(15-7-4-3-5-8-15)14-21-11-12-25-20(21)23/h3-10,13-14H,2,11-12H2,1H3. The van der Waals surface area contributed by atoms with E-state index >= 15 is 0 Å². The van der Waals surface area contributed by atoms with Crippen molar-refractivity contribution in [1.82, 2.24) is 4.90 Å². The molecule has 1 heterocycles. The predicted octanol–water partition coefficient (Wildman–Crippen LogP) is 3.70. The summed E-state index contributed by atoms with van der Waals surface area (Å²) in [4.78, 5) is 25.4. The summed E-state index contributed by atoms with van der Waals surface area (Å²) in [6.07, 6.45) is 1.41. The minimum absolute atomic E-state index is 0.323. The second-order valence-electron chi connectivity index (χ2n) is 5.52. The Hall–Kier alpha value is -3.08. The fourth-order valence-electron chi connectivity index (χ4n) is 2.64. The van der Waals surface area contributed by atoms with Gasteiger partial charge in [0.25, 0.3) is 0 Å². The molecule has 3 rings (SSSR count). The van der Waals surface area contributed by atoms with E-state index in [1.54, 1.807) is 36.2 Å². The number of cyclic esters (lactones) is 1. The van der Waals surface area contributed by atoms with Gasteiger partial charge < -0.3 is 9.47 Å². The van der Waals surface area contributed by atoms with Crippen LogP contribution in [-0.4, -0.2) is 36.7 Å². The molecule has 5 nitrogen and oxygen atoms in total. The Balaban J connectivity index is 2.03. The molecule has 0 aliphatic carbocycles. The first-order chi connectivity index (χ1) is 12.2. The molecule has 1 aliphatic heterocycles. The second kappa shape index (κ2) is 7.66. The molecule has 0 saturated carbocycles. The van der Waals surface area contributed by atoms with Crippen LogP contribution in [0.5, 0.6) is 0 Å². The first kappa shape index (κ1) is 16.8. The van der Waals surface area contributed by atoms with Crippen molar-refractivity contribution < 1.29 is 19.1 Å². The summed E-state index contributed by atoms with van der Waals surface area (Å²) < 4.78 is 10.1. The van der Waals surface area contributed by atoms with E-state index < -0.39 is 0 Å². The normalized spacial score (nSPS) is 14.4. The molecule has 25 heavy (non-hydrogen) atoms. The van der Waals surface area contributed by atoms with E-state index in [1.807, 2.05) is 36.4 Å². The van der Waals surface area contributed by atoms with E-state index in [4.69, 9.17) is 9.47 Å². The van der Waals surface area contributed by atoms with Crippen molar-refractivity contribution >= 4 is 17.6 Å². The summed E-state index contributed by atoms with van der Waals surface area (Å²) >= 11 is 0. The molecule has 0 bridgehead atoms. The molecule has 0 aromatic heterocycles. The summed E-state index contributed by atoms with van der Waals surface area (Å²) in [5.74, 6) is -0.364. The number of amides is 1. The van der Waals surface area contributed by atoms with Crippen LogP contribution in [0.3, 0.4) is 0 Å². The van der Waals surface area contributed by atoms with Crippen molar-refractivity contribution in [3.8, 4) is 0 Å². The van der Waals surface area contributed by atoms with Gasteiger partial charge >= 0.3 is 12.1 Å². The number of nitrogens with zero attached hydrogens (tertiary/aromatic N) is 1. The van der Waals surface area contributed by atoms with Crippen LogP contribution in [0, 0.1) is 0 Å². The van der Waals surface area contributed by atoms with Gasteiger partial charge in [-0.3, -0.25) is 4.90 Å². The van der Waals surface area contributed by atoms with Crippen LogP contribution >= 0.6 is 0 Å². The molecule has 1 aliphatic rings. The molecular formula is C20H19NO4. The van der Waals surface area contributed by atoms with Crippen LogP contribution in [0.25, 0.3) is 5.57 Å². The number of hydrogen-bond donors (Lipinski definition) is 0. The summed E-state index contributed by atoms with van der Waals surface area (Å²) in [6, 6.07) is 16.9. The van der Waals surface area contributed by atoms with E-state index in [1.165, 1.54) is 0 Å². The fourth-order valence-corrected chi connectivity index (χ4v) is 2.64. The van der Waals surface area contributed by atoms with Crippen LogP contribution in [0.4, 0.5) is 4.79 Å². The molecule has 1 fully saturated rings. The lowest BCUT2D eigenvalue weighted by molar-refractivity contribution is 0.0526. The van der Waals surface area contributed by atoms with Gasteiger partial charge in [-0.1, -0.05) is 42.5 Å². The average molecular weight is 337 g/mol. The molecule has 2 aromatic carbocycles. The van der Waals surface area contributed by atoms with E-state index in [-0.39, 0.29) is 12.1 Å². The topological polar surface area (TPSA) is 55.8 Å². The fraction of sp³-hybridized carbons (Fsp3) is 0.200. The van der Waals surface area contributed by atoms with Crippen LogP contribution in [-0.2, 0) is 9.47 Å². The SMILES string of the molecule is CCOC(=O)c1cccc(C(=CN2CCOC2=O)c2ccccc2)c1. The first-order valence-electron chi connectivity index (χ1n) is 8.17. The third kappa shape index (κ3) is 3.88. The summed E-state index contributed by atoms with van der Waals surface area (Å²) in [5.41, 5.74) is 3.09. The van der Waals surface area contributed by atoms with Crippen molar-refractivity contribution in [2.24, 2.45) is 0 Å². The summed E-state index contributed by atoms with van der Waals surface area (Å²) in [6.45, 7) is 2.98. The lowest BCUT2D eigenvalue weighted by Gasteiger charge is -2.14. The molecule has 0 radical (unpaired) electrons. The van der Waals surface area contributed by atoms with Gasteiger partial charge in [0.05, 0.1) is 18.7 Å². The Morgan fingerprint density at radius 3 is 2.52 bits per heavy atom. The lowest BCUT2D eigenvalue weighted by atomic mass is 9.97. The van der Waals surface area contributed by atoms with E-state index in [2.05, 4.69) is 0 Å². The summed E-state index contributed by atoms with van der Waals surface area (Å²) in [7, 11) is 0. The van der Waals surface area contributed by atoms with Crippen LogP contribution < -0.4 is 0 Å². The highest BCUT2D eigenvalue weighted by atomic mass is 16.6. The number of hydrogen-bond acceptors (Lipinski definition) is 4. The Morgan fingerprint density at radius 2 is 1.84 bits per heavy atom. The van der Waals surface area contributed by atoms with Crippen LogP contribution in [0.1, 0.15) is 28.4 Å². The third-order valence-electron chi connectivity index (χ3n) is 3.85. The minimum Gasteiger partial charge on any atom is -0.462 e. The van der Waals surface area contributed by atoms with Gasteiger partial charge in [-0.05, 0) is 30.2 Å². The van der Waals surface area contributed by atoms with Gasteiger partial charge in [0.15, 0.2) is 0 Å². The predicted molar refractivity (Wildman–Crippen MR) is 94.0 cm³/mol. The Labute approximate surface area is 146 Å². The molecule has 1 amide bonds. The second-order valence-corrected chi connectivity index (χ2v) is 5.52. The Kier molecular flexibility index (Phi) is 5.14. The third-order valence-corrected chi connectivity index (χ3v) is 3.85. The Morgan fingerprint density at radius 1 is 1.12 bits per heavy atom. The molecule has 0 spiro atoms. The van der Waals surface area contributed by atoms with Gasteiger partial charge in [-0.15, -0.1) is 0 Å². The molecule has 0 N–H and O–H groups in total. The molecule has 2 aromatic rings. The Bertz CT molecular complexity index is 798. The zero-order chi connectivity index (χ0) is 17.6. The van der Waals surface area contributed by atoms with Gasteiger partial charge in [-0.2, -0.15) is 0 Å². The zero-order valence-corrected chi connectivity index (χ0v) is 14.0. The van der Waals surface area contributed by atoms with E-state index in [0.29, 0.717) is 25.3 Å². The largest absolute Gasteiger partial charge is 0.462 e. The van der Waals surface area contributed by atoms with Gasteiger partial charge in [0.2, 0.25) is 0 Å². The number of ether oxygens (including phenoxy) is 2.